The SMILES string of the molecule is CC1(C)C2CC=C(COCC(O)CNCC3COc4ccccc4O3)C1C2. The molecule has 0 aromatic heterocycles. The first-order chi connectivity index (χ1) is 13.0. The number of nitrogens with one attached hydrogen (secondary N) is 1. The lowest BCUT2D eigenvalue weighted by Crippen LogP contribution is -2.48. The molecule has 5 heteroatoms. The van der Waals surface area contributed by atoms with Crippen molar-refractivity contribution in [2.75, 3.05) is 32.9 Å². The number of hydrogen-bond acceptors (Lipinski definition) is 5. The van der Waals surface area contributed by atoms with Crippen molar-refractivity contribution in [1.29, 1.82) is 0 Å². The van der Waals surface area contributed by atoms with Gasteiger partial charge in [-0.05, 0) is 47.8 Å². The van der Waals surface area contributed by atoms with Crippen molar-refractivity contribution < 1.29 is 19.3 Å². The zero-order valence-electron chi connectivity index (χ0n) is 16.3. The van der Waals surface area contributed by atoms with Crippen molar-refractivity contribution in [3.63, 3.8) is 0 Å². The molecule has 1 aromatic carbocycles. The predicted octanol–water partition coefficient (Wildman–Crippen LogP) is 2.79. The molecule has 5 rings (SSSR count). The number of para-hydroxylation sites is 2. The molecule has 148 valence electrons. The summed E-state index contributed by atoms with van der Waals surface area (Å²) in [7, 11) is 0. The lowest BCUT2D eigenvalue weighted by atomic mass is 9.49. The Hall–Kier alpha value is -1.56. The van der Waals surface area contributed by atoms with E-state index in [2.05, 4.69) is 25.2 Å². The molecule has 0 saturated heterocycles. The van der Waals surface area contributed by atoms with Gasteiger partial charge < -0.3 is 24.6 Å². The molecule has 4 atom stereocenters. The minimum Gasteiger partial charge on any atom is -0.486 e. The molecule has 0 amide bonds. The first-order valence-corrected chi connectivity index (χ1v) is 10.1. The number of aliphatic hydroxyl groups is 1. The van der Waals surface area contributed by atoms with Crippen LogP contribution < -0.4 is 14.8 Å². The fourth-order valence-corrected chi connectivity index (χ4v) is 4.59. The summed E-state index contributed by atoms with van der Waals surface area (Å²) < 4.78 is 17.4. The van der Waals surface area contributed by atoms with E-state index in [-0.39, 0.29) is 6.10 Å². The smallest absolute Gasteiger partial charge is 0.161 e. The Balaban J connectivity index is 1.12. The summed E-state index contributed by atoms with van der Waals surface area (Å²) in [6.45, 7) is 7.37. The summed E-state index contributed by atoms with van der Waals surface area (Å²) in [6.07, 6.45) is 4.27. The molecular formula is C22H31NO4. The monoisotopic (exact) mass is 373 g/mol. The summed E-state index contributed by atoms with van der Waals surface area (Å²) in [5.74, 6) is 3.08. The number of benzene rings is 1. The third-order valence-electron chi connectivity index (χ3n) is 6.48. The maximum atomic E-state index is 10.2. The van der Waals surface area contributed by atoms with Crippen LogP contribution in [0, 0.1) is 17.3 Å². The highest BCUT2D eigenvalue weighted by molar-refractivity contribution is 5.40. The van der Waals surface area contributed by atoms with Gasteiger partial charge in [0.25, 0.3) is 0 Å². The minimum atomic E-state index is -0.520. The maximum Gasteiger partial charge on any atom is 0.161 e. The second-order valence-electron chi connectivity index (χ2n) is 8.65. The largest absolute Gasteiger partial charge is 0.486 e. The van der Waals surface area contributed by atoms with E-state index in [1.54, 1.807) is 0 Å². The van der Waals surface area contributed by atoms with E-state index in [4.69, 9.17) is 14.2 Å². The van der Waals surface area contributed by atoms with Crippen LogP contribution in [-0.4, -0.2) is 50.2 Å². The average molecular weight is 373 g/mol. The van der Waals surface area contributed by atoms with E-state index >= 15 is 0 Å². The Labute approximate surface area is 161 Å². The molecule has 1 heterocycles. The number of allylic oxidation sites excluding steroid dienone is 1. The van der Waals surface area contributed by atoms with Crippen LogP contribution >= 0.6 is 0 Å². The van der Waals surface area contributed by atoms with Gasteiger partial charge in [-0.1, -0.05) is 32.1 Å². The number of rotatable bonds is 8. The van der Waals surface area contributed by atoms with Crippen molar-refractivity contribution in [2.24, 2.45) is 17.3 Å². The molecule has 1 aliphatic heterocycles. The van der Waals surface area contributed by atoms with Gasteiger partial charge in [0.05, 0.1) is 19.3 Å². The highest BCUT2D eigenvalue weighted by atomic mass is 16.6. The van der Waals surface area contributed by atoms with Crippen LogP contribution in [-0.2, 0) is 4.74 Å². The molecule has 0 spiro atoms. The van der Waals surface area contributed by atoms with Crippen molar-refractivity contribution in [2.45, 2.75) is 38.9 Å². The normalized spacial score (nSPS) is 28.9. The van der Waals surface area contributed by atoms with Gasteiger partial charge in [-0.3, -0.25) is 0 Å². The summed E-state index contributed by atoms with van der Waals surface area (Å²) in [4.78, 5) is 0. The molecule has 27 heavy (non-hydrogen) atoms. The Morgan fingerprint density at radius 3 is 2.89 bits per heavy atom. The molecule has 4 aliphatic rings. The molecule has 1 fully saturated rings. The Bertz CT molecular complexity index is 687. The van der Waals surface area contributed by atoms with Crippen LogP contribution in [0.15, 0.2) is 35.9 Å². The van der Waals surface area contributed by atoms with Crippen molar-refractivity contribution >= 4 is 0 Å². The van der Waals surface area contributed by atoms with Crippen LogP contribution in [0.3, 0.4) is 0 Å². The van der Waals surface area contributed by atoms with Gasteiger partial charge in [-0.25, -0.2) is 0 Å². The third kappa shape index (κ3) is 4.00. The quantitative estimate of drug-likeness (QED) is 0.686. The Morgan fingerprint density at radius 2 is 2.11 bits per heavy atom. The lowest BCUT2D eigenvalue weighted by molar-refractivity contribution is -0.0237. The maximum absolute atomic E-state index is 10.2. The highest BCUT2D eigenvalue weighted by Gasteiger charge is 2.50. The molecular weight excluding hydrogens is 342 g/mol. The van der Waals surface area contributed by atoms with E-state index < -0.39 is 6.10 Å². The molecule has 1 saturated carbocycles. The zero-order chi connectivity index (χ0) is 18.9. The van der Waals surface area contributed by atoms with Gasteiger partial charge in [-0.2, -0.15) is 0 Å². The molecule has 4 unspecified atom stereocenters. The number of fused-ring (bicyclic) bond motifs is 2. The summed E-state index contributed by atoms with van der Waals surface area (Å²) in [5, 5.41) is 13.4. The summed E-state index contributed by atoms with van der Waals surface area (Å²) in [5.41, 5.74) is 1.85. The molecule has 5 nitrogen and oxygen atoms in total. The van der Waals surface area contributed by atoms with Gasteiger partial charge in [0, 0.05) is 13.1 Å². The van der Waals surface area contributed by atoms with E-state index in [1.165, 1.54) is 18.4 Å². The van der Waals surface area contributed by atoms with E-state index in [1.807, 2.05) is 24.3 Å². The van der Waals surface area contributed by atoms with E-state index in [0.29, 0.717) is 44.2 Å². The van der Waals surface area contributed by atoms with E-state index in [0.717, 1.165) is 17.4 Å². The van der Waals surface area contributed by atoms with Crippen LogP contribution in [0.2, 0.25) is 0 Å². The topological polar surface area (TPSA) is 60.0 Å². The molecule has 0 radical (unpaired) electrons. The van der Waals surface area contributed by atoms with Crippen LogP contribution in [0.25, 0.3) is 0 Å². The Kier molecular flexibility index (Phi) is 5.44. The number of ether oxygens (including phenoxy) is 3. The fourth-order valence-electron chi connectivity index (χ4n) is 4.59. The van der Waals surface area contributed by atoms with Crippen molar-refractivity contribution in [1.82, 2.24) is 5.32 Å². The standard InChI is InChI=1S/C22H31NO4/c1-22(2)16-8-7-15(19(22)9-16)12-25-13-17(24)10-23-11-18-14-26-20-5-3-4-6-21(20)27-18/h3-7,16-19,23-24H,8-14H2,1-2H3. The molecule has 3 aliphatic carbocycles. The van der Waals surface area contributed by atoms with Gasteiger partial charge in [0.2, 0.25) is 0 Å². The third-order valence-corrected chi connectivity index (χ3v) is 6.48. The van der Waals surface area contributed by atoms with Crippen LogP contribution in [0.1, 0.15) is 26.7 Å². The first-order valence-electron chi connectivity index (χ1n) is 10.1. The summed E-state index contributed by atoms with van der Waals surface area (Å²) in [6, 6.07) is 7.69. The molecule has 1 aromatic rings. The number of hydrogen-bond donors (Lipinski definition) is 2. The Morgan fingerprint density at radius 1 is 1.30 bits per heavy atom. The second-order valence-corrected chi connectivity index (χ2v) is 8.65. The van der Waals surface area contributed by atoms with Gasteiger partial charge in [-0.15, -0.1) is 0 Å². The second kappa shape index (κ2) is 7.82. The fraction of sp³-hybridized carbons (Fsp3) is 0.636. The first kappa shape index (κ1) is 18.8. The van der Waals surface area contributed by atoms with Crippen LogP contribution in [0.4, 0.5) is 0 Å². The van der Waals surface area contributed by atoms with Crippen LogP contribution in [0.5, 0.6) is 11.5 Å². The average Bonchev–Trinajstić information content (AvgIpc) is 2.68. The molecule has 2 N–H and O–H groups in total. The van der Waals surface area contributed by atoms with Crippen molar-refractivity contribution in [3.8, 4) is 11.5 Å². The van der Waals surface area contributed by atoms with E-state index in [9.17, 15) is 5.11 Å². The number of aliphatic hydroxyl groups excluding tert-OH is 1. The molecule has 2 bridgehead atoms. The van der Waals surface area contributed by atoms with Crippen molar-refractivity contribution in [3.05, 3.63) is 35.9 Å². The summed E-state index contributed by atoms with van der Waals surface area (Å²) >= 11 is 0. The predicted molar refractivity (Wildman–Crippen MR) is 104 cm³/mol. The van der Waals surface area contributed by atoms with Gasteiger partial charge in [0.1, 0.15) is 12.7 Å². The lowest BCUT2D eigenvalue weighted by Gasteiger charge is -2.56. The highest BCUT2D eigenvalue weighted by Crippen LogP contribution is 2.59. The minimum absolute atomic E-state index is 0.0470. The van der Waals surface area contributed by atoms with Gasteiger partial charge >= 0.3 is 0 Å². The zero-order valence-corrected chi connectivity index (χ0v) is 16.3. The van der Waals surface area contributed by atoms with Gasteiger partial charge in [0.15, 0.2) is 11.5 Å².